The van der Waals surface area contributed by atoms with Crippen molar-refractivity contribution in [3.8, 4) is 0 Å². The Labute approximate surface area is 132 Å². The molecule has 2 atom stereocenters. The fourth-order valence-corrected chi connectivity index (χ4v) is 2.93. The first-order valence-corrected chi connectivity index (χ1v) is 8.11. The van der Waals surface area contributed by atoms with Gasteiger partial charge in [0.15, 0.2) is 0 Å². The van der Waals surface area contributed by atoms with E-state index in [0.29, 0.717) is 0 Å². The fourth-order valence-electron chi connectivity index (χ4n) is 2.52. The second-order valence-electron chi connectivity index (χ2n) is 5.71. The molecule has 0 aliphatic rings. The van der Waals surface area contributed by atoms with Crippen LogP contribution in [0.3, 0.4) is 0 Å². The van der Waals surface area contributed by atoms with Crippen LogP contribution in [0.15, 0.2) is 28.7 Å². The van der Waals surface area contributed by atoms with Gasteiger partial charge >= 0.3 is 0 Å². The monoisotopic (exact) mass is 341 g/mol. The number of nitrogens with two attached hydrogens (primary N) is 1. The maximum absolute atomic E-state index is 6.36. The Kier molecular flexibility index (Phi) is 7.74. The lowest BCUT2D eigenvalue weighted by Gasteiger charge is -2.33. The summed E-state index contributed by atoms with van der Waals surface area (Å²) in [6.45, 7) is 4.32. The van der Waals surface area contributed by atoms with Crippen LogP contribution in [-0.2, 0) is 0 Å². The third kappa shape index (κ3) is 5.52. The predicted octanol–water partition coefficient (Wildman–Crippen LogP) is 3.11. The summed E-state index contributed by atoms with van der Waals surface area (Å²) in [5.74, 6) is 0. The third-order valence-corrected chi connectivity index (χ3v) is 4.15. The van der Waals surface area contributed by atoms with Gasteiger partial charge in [0, 0.05) is 16.6 Å². The Bertz CT molecular complexity index is 395. The molecule has 0 saturated carbocycles. The van der Waals surface area contributed by atoms with Gasteiger partial charge in [-0.05, 0) is 64.8 Å². The molecular formula is C16H28BrN3. The second-order valence-corrected chi connectivity index (χ2v) is 6.63. The third-order valence-electron chi connectivity index (χ3n) is 3.66. The molecule has 0 aliphatic carbocycles. The van der Waals surface area contributed by atoms with Gasteiger partial charge < -0.3 is 10.6 Å². The minimum Gasteiger partial charge on any atom is -0.326 e. The van der Waals surface area contributed by atoms with E-state index >= 15 is 0 Å². The van der Waals surface area contributed by atoms with E-state index in [1.807, 2.05) is 0 Å². The fraction of sp³-hybridized carbons (Fsp3) is 0.625. The van der Waals surface area contributed by atoms with E-state index in [-0.39, 0.29) is 12.1 Å². The first-order valence-electron chi connectivity index (χ1n) is 7.31. The number of likely N-dealkylation sites (N-methyl/N-ethyl adjacent to an activating group) is 1. The van der Waals surface area contributed by atoms with Gasteiger partial charge in [-0.1, -0.05) is 35.0 Å². The molecule has 3 nitrogen and oxygen atoms in total. The zero-order chi connectivity index (χ0) is 15.1. The summed E-state index contributed by atoms with van der Waals surface area (Å²) in [7, 11) is 6.41. The van der Waals surface area contributed by atoms with Gasteiger partial charge in [0.1, 0.15) is 0 Å². The Hall–Kier alpha value is -0.420. The summed E-state index contributed by atoms with van der Waals surface area (Å²) in [6, 6.07) is 8.94. The van der Waals surface area contributed by atoms with Crippen LogP contribution in [0.4, 0.5) is 0 Å². The molecule has 1 rings (SSSR count). The van der Waals surface area contributed by atoms with Crippen molar-refractivity contribution in [1.29, 1.82) is 0 Å². The molecule has 0 spiro atoms. The van der Waals surface area contributed by atoms with Gasteiger partial charge in [-0.15, -0.1) is 0 Å². The Balaban J connectivity index is 2.78. The van der Waals surface area contributed by atoms with E-state index < -0.39 is 0 Å². The topological polar surface area (TPSA) is 32.5 Å². The van der Waals surface area contributed by atoms with Gasteiger partial charge in [-0.3, -0.25) is 4.90 Å². The molecule has 20 heavy (non-hydrogen) atoms. The first-order chi connectivity index (χ1) is 9.45. The van der Waals surface area contributed by atoms with E-state index in [0.717, 1.165) is 30.4 Å². The molecule has 0 bridgehead atoms. The van der Waals surface area contributed by atoms with Crippen LogP contribution in [0.1, 0.15) is 31.4 Å². The van der Waals surface area contributed by atoms with Crippen molar-refractivity contribution >= 4 is 15.9 Å². The molecule has 0 heterocycles. The van der Waals surface area contributed by atoms with Crippen molar-refractivity contribution in [3.63, 3.8) is 0 Å². The highest BCUT2D eigenvalue weighted by Gasteiger charge is 2.22. The molecule has 114 valence electrons. The van der Waals surface area contributed by atoms with Crippen LogP contribution >= 0.6 is 15.9 Å². The van der Waals surface area contributed by atoms with Crippen molar-refractivity contribution in [3.05, 3.63) is 34.3 Å². The van der Waals surface area contributed by atoms with E-state index in [2.05, 4.69) is 78.1 Å². The molecule has 2 N–H and O–H groups in total. The minimum absolute atomic E-state index is 0.161. The average Bonchev–Trinajstić information content (AvgIpc) is 2.38. The van der Waals surface area contributed by atoms with Crippen LogP contribution in [0.2, 0.25) is 0 Å². The SMILES string of the molecule is CCC(N)C(c1cccc(Br)c1)N(C)CCCN(C)C. The number of benzene rings is 1. The van der Waals surface area contributed by atoms with Gasteiger partial charge in [-0.25, -0.2) is 0 Å². The molecule has 0 saturated heterocycles. The van der Waals surface area contributed by atoms with Crippen LogP contribution in [-0.4, -0.2) is 50.1 Å². The van der Waals surface area contributed by atoms with Crippen molar-refractivity contribution in [2.24, 2.45) is 5.73 Å². The Morgan fingerprint density at radius 3 is 2.45 bits per heavy atom. The lowest BCUT2D eigenvalue weighted by atomic mass is 9.96. The van der Waals surface area contributed by atoms with Gasteiger partial charge in [0.25, 0.3) is 0 Å². The summed E-state index contributed by atoms with van der Waals surface area (Å²) in [6.07, 6.45) is 2.14. The lowest BCUT2D eigenvalue weighted by Crippen LogP contribution is -2.39. The number of hydrogen-bond acceptors (Lipinski definition) is 3. The van der Waals surface area contributed by atoms with E-state index in [9.17, 15) is 0 Å². The molecule has 0 aliphatic heterocycles. The van der Waals surface area contributed by atoms with Crippen molar-refractivity contribution in [2.45, 2.75) is 31.8 Å². The molecular weight excluding hydrogens is 314 g/mol. The largest absolute Gasteiger partial charge is 0.326 e. The standard InChI is InChI=1S/C16H28BrN3/c1-5-15(18)16(13-8-6-9-14(17)12-13)20(4)11-7-10-19(2)3/h6,8-9,12,15-16H,5,7,10-11,18H2,1-4H3. The predicted molar refractivity (Wildman–Crippen MR) is 91.0 cm³/mol. The molecule has 0 amide bonds. The number of rotatable bonds is 8. The van der Waals surface area contributed by atoms with Gasteiger partial charge in [-0.2, -0.15) is 0 Å². The molecule has 0 fully saturated rings. The second kappa shape index (κ2) is 8.78. The number of nitrogens with zero attached hydrogens (tertiary/aromatic N) is 2. The molecule has 2 unspecified atom stereocenters. The smallest absolute Gasteiger partial charge is 0.0496 e. The van der Waals surface area contributed by atoms with Gasteiger partial charge in [0.2, 0.25) is 0 Å². The summed E-state index contributed by atoms with van der Waals surface area (Å²) >= 11 is 3.56. The first kappa shape index (κ1) is 17.6. The Morgan fingerprint density at radius 2 is 1.90 bits per heavy atom. The maximum Gasteiger partial charge on any atom is 0.0496 e. The maximum atomic E-state index is 6.36. The van der Waals surface area contributed by atoms with Crippen molar-refractivity contribution < 1.29 is 0 Å². The van der Waals surface area contributed by atoms with Crippen molar-refractivity contribution in [2.75, 3.05) is 34.2 Å². The Morgan fingerprint density at radius 1 is 1.20 bits per heavy atom. The number of halogens is 1. The van der Waals surface area contributed by atoms with Gasteiger partial charge in [0.05, 0.1) is 0 Å². The lowest BCUT2D eigenvalue weighted by molar-refractivity contribution is 0.200. The van der Waals surface area contributed by atoms with Crippen LogP contribution < -0.4 is 5.73 Å². The highest BCUT2D eigenvalue weighted by Crippen LogP contribution is 2.26. The molecule has 4 heteroatoms. The van der Waals surface area contributed by atoms with Crippen LogP contribution in [0, 0.1) is 0 Å². The van der Waals surface area contributed by atoms with Crippen molar-refractivity contribution in [1.82, 2.24) is 9.80 Å². The molecule has 1 aromatic rings. The van der Waals surface area contributed by atoms with E-state index in [4.69, 9.17) is 5.73 Å². The molecule has 1 aromatic carbocycles. The average molecular weight is 342 g/mol. The zero-order valence-corrected chi connectivity index (χ0v) is 14.7. The highest BCUT2D eigenvalue weighted by molar-refractivity contribution is 9.10. The normalized spacial score (nSPS) is 14.8. The van der Waals surface area contributed by atoms with E-state index in [1.54, 1.807) is 0 Å². The summed E-state index contributed by atoms with van der Waals surface area (Å²) in [4.78, 5) is 4.61. The molecule has 0 aromatic heterocycles. The summed E-state index contributed by atoms with van der Waals surface area (Å²) in [5, 5.41) is 0. The van der Waals surface area contributed by atoms with Crippen LogP contribution in [0.25, 0.3) is 0 Å². The quantitative estimate of drug-likeness (QED) is 0.788. The summed E-state index contributed by atoms with van der Waals surface area (Å²) < 4.78 is 1.12. The number of hydrogen-bond donors (Lipinski definition) is 1. The molecule has 0 radical (unpaired) electrons. The van der Waals surface area contributed by atoms with E-state index in [1.165, 1.54) is 5.56 Å². The van der Waals surface area contributed by atoms with Crippen LogP contribution in [0.5, 0.6) is 0 Å². The summed E-state index contributed by atoms with van der Waals surface area (Å²) in [5.41, 5.74) is 7.66. The highest BCUT2D eigenvalue weighted by atomic mass is 79.9. The minimum atomic E-state index is 0.161. The zero-order valence-electron chi connectivity index (χ0n) is 13.1.